The van der Waals surface area contributed by atoms with E-state index in [2.05, 4.69) is 10.4 Å². The molecule has 0 fully saturated rings. The van der Waals surface area contributed by atoms with Gasteiger partial charge >= 0.3 is 0 Å². The van der Waals surface area contributed by atoms with Crippen LogP contribution in [0.15, 0.2) is 24.3 Å². The van der Waals surface area contributed by atoms with Crippen molar-refractivity contribution >= 4 is 15.9 Å². The lowest BCUT2D eigenvalue weighted by Crippen LogP contribution is -2.29. The summed E-state index contributed by atoms with van der Waals surface area (Å²) in [5, 5.41) is 7.42. The Balaban J connectivity index is 1.71. The van der Waals surface area contributed by atoms with Crippen LogP contribution in [0.25, 0.3) is 0 Å². The van der Waals surface area contributed by atoms with Crippen molar-refractivity contribution in [2.24, 2.45) is 0 Å². The van der Waals surface area contributed by atoms with Crippen LogP contribution in [0.1, 0.15) is 39.3 Å². The van der Waals surface area contributed by atoms with E-state index in [-0.39, 0.29) is 5.91 Å². The molecule has 140 valence electrons. The van der Waals surface area contributed by atoms with Crippen LogP contribution < -0.4 is 5.32 Å². The van der Waals surface area contributed by atoms with Gasteiger partial charge in [0.1, 0.15) is 0 Å². The van der Waals surface area contributed by atoms with Crippen molar-refractivity contribution < 1.29 is 13.2 Å². The molecule has 2 heterocycles. The third-order valence-electron chi connectivity index (χ3n) is 4.57. The summed E-state index contributed by atoms with van der Waals surface area (Å²) in [5.41, 5.74) is 4.21. The Labute approximate surface area is 154 Å². The number of fused-ring (bicyclic) bond motifs is 1. The normalized spacial score (nSPS) is 15.3. The topological polar surface area (TPSA) is 84.3 Å². The van der Waals surface area contributed by atoms with E-state index in [1.165, 1.54) is 10.6 Å². The van der Waals surface area contributed by atoms with E-state index in [1.807, 2.05) is 42.8 Å². The van der Waals surface area contributed by atoms with Gasteiger partial charge in [0.05, 0.1) is 30.7 Å². The number of hydrogen-bond acceptors (Lipinski definition) is 4. The van der Waals surface area contributed by atoms with Gasteiger partial charge in [0.25, 0.3) is 5.91 Å². The van der Waals surface area contributed by atoms with E-state index in [9.17, 15) is 13.2 Å². The highest BCUT2D eigenvalue weighted by molar-refractivity contribution is 7.88. The fourth-order valence-corrected chi connectivity index (χ4v) is 3.94. The molecule has 1 aromatic carbocycles. The van der Waals surface area contributed by atoms with Crippen molar-refractivity contribution in [1.29, 1.82) is 0 Å². The van der Waals surface area contributed by atoms with Crippen molar-refractivity contribution in [3.8, 4) is 0 Å². The minimum absolute atomic E-state index is 0.132. The monoisotopic (exact) mass is 376 g/mol. The summed E-state index contributed by atoms with van der Waals surface area (Å²) in [5.74, 6) is -0.132. The number of amides is 1. The molecule has 0 spiro atoms. The third-order valence-corrected chi connectivity index (χ3v) is 5.82. The molecule has 8 heteroatoms. The van der Waals surface area contributed by atoms with Gasteiger partial charge in [-0.3, -0.25) is 9.48 Å². The zero-order valence-electron chi connectivity index (χ0n) is 15.3. The molecule has 0 radical (unpaired) electrons. The summed E-state index contributed by atoms with van der Waals surface area (Å²) in [6, 6.07) is 7.65. The fraction of sp³-hybridized carbons (Fsp3) is 0.444. The molecule has 0 saturated carbocycles. The fourth-order valence-electron chi connectivity index (χ4n) is 3.11. The summed E-state index contributed by atoms with van der Waals surface area (Å²) in [4.78, 5) is 12.4. The number of carbonyl (C=O) groups is 1. The van der Waals surface area contributed by atoms with Crippen molar-refractivity contribution in [1.82, 2.24) is 19.4 Å². The van der Waals surface area contributed by atoms with E-state index in [0.717, 1.165) is 28.9 Å². The van der Waals surface area contributed by atoms with Gasteiger partial charge in [0.2, 0.25) is 10.0 Å². The Morgan fingerprint density at radius 3 is 2.73 bits per heavy atom. The number of aryl methyl sites for hydroxylation is 3. The maximum absolute atomic E-state index is 12.4. The summed E-state index contributed by atoms with van der Waals surface area (Å²) < 4.78 is 27.0. The molecule has 0 unspecified atom stereocenters. The van der Waals surface area contributed by atoms with E-state index in [1.54, 1.807) is 0 Å². The first kappa shape index (κ1) is 18.6. The minimum Gasteiger partial charge on any atom is -0.346 e. The molecule has 1 aromatic heterocycles. The maximum atomic E-state index is 12.4. The van der Waals surface area contributed by atoms with Gasteiger partial charge in [-0.25, -0.2) is 8.42 Å². The van der Waals surface area contributed by atoms with Crippen LogP contribution >= 0.6 is 0 Å². The zero-order chi connectivity index (χ0) is 18.9. The smallest absolute Gasteiger partial charge is 0.251 e. The van der Waals surface area contributed by atoms with E-state index in [4.69, 9.17) is 0 Å². The second-order valence-electron chi connectivity index (χ2n) is 6.80. The number of aromatic nitrogens is 2. The number of nitrogens with one attached hydrogen (secondary N) is 1. The number of nitrogens with zero attached hydrogens (tertiary/aromatic N) is 3. The summed E-state index contributed by atoms with van der Waals surface area (Å²) in [6.07, 6.45) is 1.94. The lowest BCUT2D eigenvalue weighted by atomic mass is 10.1. The Kier molecular flexibility index (Phi) is 5.15. The Hall–Kier alpha value is -2.19. The van der Waals surface area contributed by atoms with Gasteiger partial charge in [-0.1, -0.05) is 17.7 Å². The molecule has 0 bridgehead atoms. The third kappa shape index (κ3) is 4.13. The molecule has 1 amide bonds. The highest BCUT2D eigenvalue weighted by Crippen LogP contribution is 2.16. The van der Waals surface area contributed by atoms with Crippen LogP contribution in [-0.4, -0.2) is 41.2 Å². The Bertz CT molecular complexity index is 934. The molecule has 7 nitrogen and oxygen atoms in total. The van der Waals surface area contributed by atoms with Gasteiger partial charge in [-0.15, -0.1) is 0 Å². The second kappa shape index (κ2) is 7.20. The first-order chi connectivity index (χ1) is 12.2. The number of carbonyl (C=O) groups excluding carboxylic acids is 1. The van der Waals surface area contributed by atoms with E-state index >= 15 is 0 Å². The van der Waals surface area contributed by atoms with Crippen LogP contribution in [-0.2, 0) is 29.7 Å². The van der Waals surface area contributed by atoms with Crippen molar-refractivity contribution in [3.63, 3.8) is 0 Å². The van der Waals surface area contributed by atoms with Gasteiger partial charge in [-0.2, -0.15) is 9.40 Å². The summed E-state index contributed by atoms with van der Waals surface area (Å²) in [7, 11) is -3.23. The van der Waals surface area contributed by atoms with Crippen molar-refractivity contribution in [2.75, 3.05) is 12.8 Å². The number of benzene rings is 1. The van der Waals surface area contributed by atoms with Crippen LogP contribution in [0.5, 0.6) is 0 Å². The van der Waals surface area contributed by atoms with E-state index < -0.39 is 10.0 Å². The van der Waals surface area contributed by atoms with Crippen LogP contribution in [0.3, 0.4) is 0 Å². The van der Waals surface area contributed by atoms with Crippen molar-refractivity contribution in [2.45, 2.75) is 39.9 Å². The molecule has 1 N–H and O–H groups in total. The standard InChI is InChI=1S/C18H24N4O3S/c1-13-5-6-14(2)17(9-13)18(23)19-11-15-10-16-12-21(26(3,24)25)7-4-8-22(16)20-15/h5-6,9-10H,4,7-8,11-12H2,1-3H3,(H,19,23). The van der Waals surface area contributed by atoms with Crippen LogP contribution in [0.2, 0.25) is 0 Å². The molecular formula is C18H24N4O3S. The molecule has 0 atom stereocenters. The summed E-state index contributed by atoms with van der Waals surface area (Å²) >= 11 is 0. The average Bonchev–Trinajstić information content (AvgIpc) is 2.83. The Morgan fingerprint density at radius 2 is 2.00 bits per heavy atom. The minimum atomic E-state index is -3.23. The molecule has 0 saturated heterocycles. The zero-order valence-corrected chi connectivity index (χ0v) is 16.1. The first-order valence-corrected chi connectivity index (χ1v) is 10.4. The molecule has 2 aromatic rings. The number of rotatable bonds is 4. The first-order valence-electron chi connectivity index (χ1n) is 8.60. The quantitative estimate of drug-likeness (QED) is 0.878. The lowest BCUT2D eigenvalue weighted by molar-refractivity contribution is 0.0949. The van der Waals surface area contributed by atoms with Gasteiger partial charge < -0.3 is 5.32 Å². The maximum Gasteiger partial charge on any atom is 0.251 e. The molecular weight excluding hydrogens is 352 g/mol. The predicted molar refractivity (Wildman–Crippen MR) is 99.2 cm³/mol. The highest BCUT2D eigenvalue weighted by Gasteiger charge is 2.23. The molecule has 1 aliphatic rings. The summed E-state index contributed by atoms with van der Waals surface area (Å²) in [6.45, 7) is 5.66. The van der Waals surface area contributed by atoms with Crippen molar-refractivity contribution in [3.05, 3.63) is 52.3 Å². The number of sulfonamides is 1. The Morgan fingerprint density at radius 1 is 1.23 bits per heavy atom. The molecule has 3 rings (SSSR count). The van der Waals surface area contributed by atoms with Crippen LogP contribution in [0.4, 0.5) is 0 Å². The van der Waals surface area contributed by atoms with Gasteiger partial charge in [0.15, 0.2) is 0 Å². The predicted octanol–water partition coefficient (Wildman–Crippen LogP) is 1.60. The van der Waals surface area contributed by atoms with E-state index in [0.29, 0.717) is 31.7 Å². The number of hydrogen-bond donors (Lipinski definition) is 1. The highest BCUT2D eigenvalue weighted by atomic mass is 32.2. The second-order valence-corrected chi connectivity index (χ2v) is 8.78. The van der Waals surface area contributed by atoms with Gasteiger partial charge in [0, 0.05) is 18.7 Å². The molecule has 1 aliphatic heterocycles. The molecule has 26 heavy (non-hydrogen) atoms. The largest absolute Gasteiger partial charge is 0.346 e. The lowest BCUT2D eigenvalue weighted by Gasteiger charge is -2.16. The van der Waals surface area contributed by atoms with Crippen LogP contribution in [0, 0.1) is 13.8 Å². The molecule has 0 aliphatic carbocycles. The SMILES string of the molecule is Cc1ccc(C)c(C(=O)NCc2cc3n(n2)CCCN(S(C)(=O)=O)C3)c1. The average molecular weight is 376 g/mol. The van der Waals surface area contributed by atoms with Gasteiger partial charge in [-0.05, 0) is 38.0 Å².